The molecule has 1 aromatic carbocycles. The molecule has 1 amide bonds. The van der Waals surface area contributed by atoms with Gasteiger partial charge in [-0.3, -0.25) is 9.48 Å². The highest BCUT2D eigenvalue weighted by Gasteiger charge is 2.13. The van der Waals surface area contributed by atoms with Gasteiger partial charge in [0.05, 0.1) is 37.2 Å². The lowest BCUT2D eigenvalue weighted by Crippen LogP contribution is -2.13. The van der Waals surface area contributed by atoms with Crippen LogP contribution < -0.4 is 5.32 Å². The SMILES string of the molecule is CCSc1ncccc1C(=O)Nc1cnn(CCOCc2ccccc2)c1. The molecule has 3 aromatic rings. The molecule has 27 heavy (non-hydrogen) atoms. The average molecular weight is 382 g/mol. The predicted molar refractivity (Wildman–Crippen MR) is 107 cm³/mol. The first-order valence-electron chi connectivity index (χ1n) is 8.79. The number of hydrogen-bond donors (Lipinski definition) is 1. The highest BCUT2D eigenvalue weighted by molar-refractivity contribution is 7.99. The summed E-state index contributed by atoms with van der Waals surface area (Å²) in [6, 6.07) is 13.6. The number of carbonyl (C=O) groups is 1. The van der Waals surface area contributed by atoms with Gasteiger partial charge in [-0.25, -0.2) is 4.98 Å². The summed E-state index contributed by atoms with van der Waals surface area (Å²) in [5.74, 6) is 0.678. The number of amides is 1. The Kier molecular flexibility index (Phi) is 7.01. The molecule has 0 saturated heterocycles. The highest BCUT2D eigenvalue weighted by Crippen LogP contribution is 2.20. The van der Waals surface area contributed by atoms with E-state index in [2.05, 4.69) is 15.4 Å². The van der Waals surface area contributed by atoms with Gasteiger partial charge in [-0.05, 0) is 23.4 Å². The summed E-state index contributed by atoms with van der Waals surface area (Å²) < 4.78 is 7.42. The number of nitrogens with zero attached hydrogens (tertiary/aromatic N) is 3. The van der Waals surface area contributed by atoms with Crippen LogP contribution in [0.5, 0.6) is 0 Å². The third-order valence-corrected chi connectivity index (χ3v) is 4.65. The van der Waals surface area contributed by atoms with E-state index >= 15 is 0 Å². The molecule has 7 heteroatoms. The predicted octanol–water partition coefficient (Wildman–Crippen LogP) is 3.86. The van der Waals surface area contributed by atoms with Gasteiger partial charge in [0.1, 0.15) is 5.03 Å². The summed E-state index contributed by atoms with van der Waals surface area (Å²) in [6.45, 7) is 3.77. The second-order valence-electron chi connectivity index (χ2n) is 5.77. The van der Waals surface area contributed by atoms with Crippen LogP contribution in [0.15, 0.2) is 66.1 Å². The Labute approximate surface area is 163 Å². The third kappa shape index (κ3) is 5.67. The van der Waals surface area contributed by atoms with Gasteiger partial charge in [0, 0.05) is 12.4 Å². The number of benzene rings is 1. The molecule has 3 rings (SSSR count). The molecule has 0 radical (unpaired) electrons. The van der Waals surface area contributed by atoms with Crippen LogP contribution in [0.25, 0.3) is 0 Å². The number of pyridine rings is 1. The van der Waals surface area contributed by atoms with E-state index in [1.54, 1.807) is 47.2 Å². The minimum absolute atomic E-state index is 0.182. The van der Waals surface area contributed by atoms with Crippen LogP contribution in [0, 0.1) is 0 Å². The van der Waals surface area contributed by atoms with Crippen molar-refractivity contribution in [2.75, 3.05) is 17.7 Å². The molecule has 0 bridgehead atoms. The maximum absolute atomic E-state index is 12.5. The van der Waals surface area contributed by atoms with Crippen molar-refractivity contribution in [3.63, 3.8) is 0 Å². The van der Waals surface area contributed by atoms with Crippen molar-refractivity contribution in [2.45, 2.75) is 25.1 Å². The molecule has 0 aliphatic carbocycles. The van der Waals surface area contributed by atoms with Crippen molar-refractivity contribution in [1.82, 2.24) is 14.8 Å². The van der Waals surface area contributed by atoms with Gasteiger partial charge in [0.25, 0.3) is 5.91 Å². The quantitative estimate of drug-likeness (QED) is 0.450. The Balaban J connectivity index is 1.50. The monoisotopic (exact) mass is 382 g/mol. The van der Waals surface area contributed by atoms with Crippen molar-refractivity contribution >= 4 is 23.4 Å². The molecule has 140 valence electrons. The largest absolute Gasteiger partial charge is 0.375 e. The molecule has 0 aliphatic heterocycles. The average Bonchev–Trinajstić information content (AvgIpc) is 3.14. The summed E-state index contributed by atoms with van der Waals surface area (Å²) >= 11 is 1.55. The molecular weight excluding hydrogens is 360 g/mol. The van der Waals surface area contributed by atoms with Crippen molar-refractivity contribution in [1.29, 1.82) is 0 Å². The molecule has 2 aromatic heterocycles. The van der Waals surface area contributed by atoms with Crippen LogP contribution in [0.2, 0.25) is 0 Å². The fourth-order valence-corrected chi connectivity index (χ4v) is 3.21. The van der Waals surface area contributed by atoms with Gasteiger partial charge in [0.2, 0.25) is 0 Å². The third-order valence-electron chi connectivity index (χ3n) is 3.76. The fourth-order valence-electron chi connectivity index (χ4n) is 2.49. The smallest absolute Gasteiger partial charge is 0.258 e. The Bertz CT molecular complexity index is 867. The second-order valence-corrected chi connectivity index (χ2v) is 7.03. The van der Waals surface area contributed by atoms with E-state index in [1.807, 2.05) is 37.3 Å². The molecule has 6 nitrogen and oxygen atoms in total. The minimum Gasteiger partial charge on any atom is -0.375 e. The van der Waals surface area contributed by atoms with E-state index in [0.717, 1.165) is 16.3 Å². The number of carbonyl (C=O) groups excluding carboxylic acids is 1. The number of thioether (sulfide) groups is 1. The lowest BCUT2D eigenvalue weighted by molar-refractivity contribution is 0.102. The van der Waals surface area contributed by atoms with Gasteiger partial charge < -0.3 is 10.1 Å². The number of rotatable bonds is 9. The Morgan fingerprint density at radius 1 is 1.22 bits per heavy atom. The van der Waals surface area contributed by atoms with Gasteiger partial charge in [0.15, 0.2) is 0 Å². The molecule has 0 fully saturated rings. The van der Waals surface area contributed by atoms with Crippen LogP contribution in [0.3, 0.4) is 0 Å². The van der Waals surface area contributed by atoms with Crippen LogP contribution in [0.1, 0.15) is 22.8 Å². The number of hydrogen-bond acceptors (Lipinski definition) is 5. The van der Waals surface area contributed by atoms with Gasteiger partial charge in [-0.15, -0.1) is 11.8 Å². The van der Waals surface area contributed by atoms with Crippen molar-refractivity contribution < 1.29 is 9.53 Å². The number of ether oxygens (including phenoxy) is 1. The first-order chi connectivity index (χ1) is 13.3. The van der Waals surface area contributed by atoms with Gasteiger partial charge in [-0.2, -0.15) is 5.10 Å². The highest BCUT2D eigenvalue weighted by atomic mass is 32.2. The van der Waals surface area contributed by atoms with Crippen LogP contribution in [-0.4, -0.2) is 33.0 Å². The standard InChI is InChI=1S/C20H22N4O2S/c1-2-27-20-18(9-6-10-21-20)19(25)23-17-13-22-24(14-17)11-12-26-15-16-7-4-3-5-8-16/h3-10,13-14H,2,11-12,15H2,1H3,(H,23,25). The van der Waals surface area contributed by atoms with E-state index in [1.165, 1.54) is 0 Å². The van der Waals surface area contributed by atoms with Crippen molar-refractivity contribution in [3.8, 4) is 0 Å². The maximum atomic E-state index is 12.5. The molecule has 0 atom stereocenters. The Hall–Kier alpha value is -2.64. The maximum Gasteiger partial charge on any atom is 0.258 e. The zero-order chi connectivity index (χ0) is 18.9. The number of aromatic nitrogens is 3. The molecular formula is C20H22N4O2S. The summed E-state index contributed by atoms with van der Waals surface area (Å²) in [5.41, 5.74) is 2.37. The first kappa shape index (κ1) is 19.1. The molecule has 0 spiro atoms. The number of anilines is 1. The van der Waals surface area contributed by atoms with E-state index in [4.69, 9.17) is 4.74 Å². The minimum atomic E-state index is -0.182. The van der Waals surface area contributed by atoms with Gasteiger partial charge >= 0.3 is 0 Å². The van der Waals surface area contributed by atoms with Gasteiger partial charge in [-0.1, -0.05) is 37.3 Å². The normalized spacial score (nSPS) is 10.7. The van der Waals surface area contributed by atoms with E-state index < -0.39 is 0 Å². The first-order valence-corrected chi connectivity index (χ1v) is 9.78. The summed E-state index contributed by atoms with van der Waals surface area (Å²) in [6.07, 6.45) is 5.13. The van der Waals surface area contributed by atoms with E-state index in [9.17, 15) is 4.79 Å². The van der Waals surface area contributed by atoms with Crippen LogP contribution in [0.4, 0.5) is 5.69 Å². The Morgan fingerprint density at radius 2 is 2.07 bits per heavy atom. The summed E-state index contributed by atoms with van der Waals surface area (Å²) in [7, 11) is 0. The molecule has 0 aliphatic rings. The number of nitrogens with one attached hydrogen (secondary N) is 1. The molecule has 2 heterocycles. The van der Waals surface area contributed by atoms with Crippen molar-refractivity contribution in [2.24, 2.45) is 0 Å². The van der Waals surface area contributed by atoms with Crippen molar-refractivity contribution in [3.05, 3.63) is 72.2 Å². The van der Waals surface area contributed by atoms with E-state index in [0.29, 0.717) is 31.0 Å². The zero-order valence-electron chi connectivity index (χ0n) is 15.2. The van der Waals surface area contributed by atoms with E-state index in [-0.39, 0.29) is 5.91 Å². The lowest BCUT2D eigenvalue weighted by atomic mass is 10.2. The fraction of sp³-hybridized carbons (Fsp3) is 0.250. The molecule has 0 unspecified atom stereocenters. The van der Waals surface area contributed by atoms with Crippen LogP contribution in [-0.2, 0) is 17.9 Å². The topological polar surface area (TPSA) is 69.0 Å². The molecule has 1 N–H and O–H groups in total. The summed E-state index contributed by atoms with van der Waals surface area (Å²) in [5, 5.41) is 7.88. The Morgan fingerprint density at radius 3 is 2.89 bits per heavy atom. The second kappa shape index (κ2) is 9.89. The lowest BCUT2D eigenvalue weighted by Gasteiger charge is -2.07. The zero-order valence-corrected chi connectivity index (χ0v) is 16.0. The summed E-state index contributed by atoms with van der Waals surface area (Å²) in [4.78, 5) is 16.8. The van der Waals surface area contributed by atoms with Crippen LogP contribution >= 0.6 is 11.8 Å². The molecule has 0 saturated carbocycles.